The van der Waals surface area contributed by atoms with Crippen LogP contribution in [0.25, 0.3) is 0 Å². The summed E-state index contributed by atoms with van der Waals surface area (Å²) in [4.78, 5) is 11.5. The Hall–Kier alpha value is -1.31. The van der Waals surface area contributed by atoms with E-state index in [2.05, 4.69) is 13.8 Å². The highest BCUT2D eigenvalue weighted by Crippen LogP contribution is 2.15. The Morgan fingerprint density at radius 2 is 2.06 bits per heavy atom. The maximum atomic E-state index is 11.5. The van der Waals surface area contributed by atoms with Gasteiger partial charge in [-0.25, -0.2) is 4.79 Å². The monoisotopic (exact) mass is 220 g/mol. The number of hydrogen-bond donors (Lipinski definition) is 0. The number of hydrogen-bond acceptors (Lipinski definition) is 2. The van der Waals surface area contributed by atoms with Gasteiger partial charge in [0.05, 0.1) is 12.2 Å². The van der Waals surface area contributed by atoms with Crippen LogP contribution >= 0.6 is 0 Å². The summed E-state index contributed by atoms with van der Waals surface area (Å²) < 4.78 is 4.96. The van der Waals surface area contributed by atoms with E-state index >= 15 is 0 Å². The fourth-order valence-electron chi connectivity index (χ4n) is 1.71. The van der Waals surface area contributed by atoms with Crippen LogP contribution in [-0.2, 0) is 11.2 Å². The van der Waals surface area contributed by atoms with Crippen molar-refractivity contribution in [1.82, 2.24) is 0 Å². The molecule has 0 fully saturated rings. The van der Waals surface area contributed by atoms with Gasteiger partial charge in [-0.2, -0.15) is 0 Å². The smallest absolute Gasteiger partial charge is 0.338 e. The summed E-state index contributed by atoms with van der Waals surface area (Å²) >= 11 is 0. The molecule has 1 aromatic carbocycles. The van der Waals surface area contributed by atoms with Crippen LogP contribution in [-0.4, -0.2) is 12.6 Å². The molecule has 0 aliphatic rings. The quantitative estimate of drug-likeness (QED) is 0.727. The number of carbonyl (C=O) groups is 1. The Morgan fingerprint density at radius 1 is 1.38 bits per heavy atom. The molecule has 0 heterocycles. The van der Waals surface area contributed by atoms with Gasteiger partial charge in [0, 0.05) is 0 Å². The number of benzene rings is 1. The fourth-order valence-corrected chi connectivity index (χ4v) is 1.71. The van der Waals surface area contributed by atoms with Gasteiger partial charge in [0.25, 0.3) is 0 Å². The lowest BCUT2D eigenvalue weighted by Gasteiger charge is -2.10. The number of esters is 1. The molecule has 0 amide bonds. The highest BCUT2D eigenvalue weighted by Gasteiger charge is 2.08. The molecular formula is C14H20O2. The first kappa shape index (κ1) is 12.8. The van der Waals surface area contributed by atoms with Crippen LogP contribution in [0, 0.1) is 12.8 Å². The van der Waals surface area contributed by atoms with Gasteiger partial charge in [-0.15, -0.1) is 0 Å². The molecule has 0 aliphatic heterocycles. The van der Waals surface area contributed by atoms with Crippen LogP contribution in [0.5, 0.6) is 0 Å². The van der Waals surface area contributed by atoms with Gasteiger partial charge in [-0.05, 0) is 49.4 Å². The van der Waals surface area contributed by atoms with Gasteiger partial charge in [0.1, 0.15) is 0 Å². The highest BCUT2D eigenvalue weighted by atomic mass is 16.5. The van der Waals surface area contributed by atoms with Gasteiger partial charge in [0.2, 0.25) is 0 Å². The lowest BCUT2D eigenvalue weighted by atomic mass is 9.97. The Morgan fingerprint density at radius 3 is 2.56 bits per heavy atom. The Bertz CT molecular complexity index is 367. The topological polar surface area (TPSA) is 26.3 Å². The second-order valence-corrected chi connectivity index (χ2v) is 4.46. The van der Waals surface area contributed by atoms with Gasteiger partial charge < -0.3 is 4.74 Å². The molecule has 16 heavy (non-hydrogen) atoms. The molecule has 0 atom stereocenters. The van der Waals surface area contributed by atoms with Gasteiger partial charge >= 0.3 is 5.97 Å². The van der Waals surface area contributed by atoms with E-state index in [1.54, 1.807) is 0 Å². The molecule has 0 unspecified atom stereocenters. The number of aryl methyl sites for hydroxylation is 1. The third-order valence-corrected chi connectivity index (χ3v) is 2.48. The van der Waals surface area contributed by atoms with Gasteiger partial charge in [0.15, 0.2) is 0 Å². The molecule has 0 spiro atoms. The van der Waals surface area contributed by atoms with E-state index in [0.717, 1.165) is 6.42 Å². The van der Waals surface area contributed by atoms with Crippen LogP contribution in [0.3, 0.4) is 0 Å². The SMILES string of the molecule is CCOC(=O)c1ccc(CC(C)C)c(C)c1. The van der Waals surface area contributed by atoms with Crippen molar-refractivity contribution in [2.45, 2.75) is 34.1 Å². The molecule has 0 N–H and O–H groups in total. The molecule has 88 valence electrons. The molecule has 2 nitrogen and oxygen atoms in total. The first-order chi connectivity index (χ1) is 7.54. The van der Waals surface area contributed by atoms with Crippen LogP contribution in [0.1, 0.15) is 42.3 Å². The zero-order valence-electron chi connectivity index (χ0n) is 10.5. The Kier molecular flexibility index (Phi) is 4.53. The summed E-state index contributed by atoms with van der Waals surface area (Å²) in [6.45, 7) is 8.67. The van der Waals surface area contributed by atoms with Crippen molar-refractivity contribution in [1.29, 1.82) is 0 Å². The van der Waals surface area contributed by atoms with Crippen molar-refractivity contribution < 1.29 is 9.53 Å². The van der Waals surface area contributed by atoms with E-state index in [0.29, 0.717) is 18.1 Å². The summed E-state index contributed by atoms with van der Waals surface area (Å²) in [5, 5.41) is 0. The van der Waals surface area contributed by atoms with Crippen LogP contribution in [0.2, 0.25) is 0 Å². The predicted octanol–water partition coefficient (Wildman–Crippen LogP) is 3.37. The minimum Gasteiger partial charge on any atom is -0.462 e. The van der Waals surface area contributed by atoms with Crippen LogP contribution < -0.4 is 0 Å². The summed E-state index contributed by atoms with van der Waals surface area (Å²) in [6, 6.07) is 5.79. The highest BCUT2D eigenvalue weighted by molar-refractivity contribution is 5.89. The predicted molar refractivity (Wildman–Crippen MR) is 65.7 cm³/mol. The van der Waals surface area contributed by atoms with Crippen LogP contribution in [0.15, 0.2) is 18.2 Å². The Balaban J connectivity index is 2.86. The molecular weight excluding hydrogens is 200 g/mol. The third-order valence-electron chi connectivity index (χ3n) is 2.48. The Labute approximate surface area is 97.6 Å². The summed E-state index contributed by atoms with van der Waals surface area (Å²) in [5.74, 6) is 0.397. The van der Waals surface area contributed by atoms with Crippen molar-refractivity contribution in [3.63, 3.8) is 0 Å². The normalized spacial score (nSPS) is 10.6. The van der Waals surface area contributed by atoms with Crippen molar-refractivity contribution in [3.8, 4) is 0 Å². The lowest BCUT2D eigenvalue weighted by Crippen LogP contribution is -2.06. The second-order valence-electron chi connectivity index (χ2n) is 4.46. The molecule has 1 rings (SSSR count). The van der Waals surface area contributed by atoms with Crippen LogP contribution in [0.4, 0.5) is 0 Å². The van der Waals surface area contributed by atoms with Crippen molar-refractivity contribution in [2.24, 2.45) is 5.92 Å². The van der Waals surface area contributed by atoms with E-state index in [4.69, 9.17) is 4.74 Å². The zero-order valence-corrected chi connectivity index (χ0v) is 10.5. The fraction of sp³-hybridized carbons (Fsp3) is 0.500. The van der Waals surface area contributed by atoms with E-state index in [1.165, 1.54) is 11.1 Å². The summed E-state index contributed by atoms with van der Waals surface area (Å²) in [7, 11) is 0. The minimum atomic E-state index is -0.235. The standard InChI is InChI=1S/C14H20O2/c1-5-16-14(15)13-7-6-12(8-10(2)3)11(4)9-13/h6-7,9-10H,5,8H2,1-4H3. The average molecular weight is 220 g/mol. The van der Waals surface area contributed by atoms with Gasteiger partial charge in [-0.1, -0.05) is 19.9 Å². The van der Waals surface area contributed by atoms with Crippen molar-refractivity contribution in [2.75, 3.05) is 6.61 Å². The average Bonchev–Trinajstić information content (AvgIpc) is 2.20. The largest absolute Gasteiger partial charge is 0.462 e. The van der Waals surface area contributed by atoms with Crippen molar-refractivity contribution in [3.05, 3.63) is 34.9 Å². The molecule has 0 aliphatic carbocycles. The second kappa shape index (κ2) is 5.69. The first-order valence-corrected chi connectivity index (χ1v) is 5.81. The summed E-state index contributed by atoms with van der Waals surface area (Å²) in [6.07, 6.45) is 1.05. The molecule has 0 radical (unpaired) electrons. The minimum absolute atomic E-state index is 0.235. The molecule has 2 heteroatoms. The maximum Gasteiger partial charge on any atom is 0.338 e. The molecule has 0 bridgehead atoms. The van der Waals surface area contributed by atoms with E-state index in [9.17, 15) is 4.79 Å². The van der Waals surface area contributed by atoms with Crippen molar-refractivity contribution >= 4 is 5.97 Å². The third kappa shape index (κ3) is 3.37. The maximum absolute atomic E-state index is 11.5. The van der Waals surface area contributed by atoms with Gasteiger partial charge in [-0.3, -0.25) is 0 Å². The van der Waals surface area contributed by atoms with E-state index in [-0.39, 0.29) is 5.97 Å². The number of carbonyl (C=O) groups excluding carboxylic acids is 1. The summed E-state index contributed by atoms with van der Waals surface area (Å²) in [5.41, 5.74) is 3.12. The number of rotatable bonds is 4. The molecule has 0 aromatic heterocycles. The van der Waals surface area contributed by atoms with E-state index in [1.807, 2.05) is 32.0 Å². The first-order valence-electron chi connectivity index (χ1n) is 5.81. The molecule has 1 aromatic rings. The molecule has 0 saturated heterocycles. The van der Waals surface area contributed by atoms with E-state index < -0.39 is 0 Å². The molecule has 0 saturated carbocycles. The lowest BCUT2D eigenvalue weighted by molar-refractivity contribution is 0.0526. The zero-order chi connectivity index (χ0) is 12.1. The number of ether oxygens (including phenoxy) is 1.